The van der Waals surface area contributed by atoms with Gasteiger partial charge in [-0.15, -0.1) is 0 Å². The van der Waals surface area contributed by atoms with Crippen LogP contribution in [0.3, 0.4) is 0 Å². The van der Waals surface area contributed by atoms with Gasteiger partial charge < -0.3 is 15.4 Å². The molecule has 5 heteroatoms. The van der Waals surface area contributed by atoms with Gasteiger partial charge in [0.25, 0.3) is 0 Å². The highest BCUT2D eigenvalue weighted by Crippen LogP contribution is 1.93. The zero-order chi connectivity index (χ0) is 8.85. The molecule has 0 aromatic carbocycles. The van der Waals surface area contributed by atoms with Crippen LogP contribution in [0, 0.1) is 0 Å². The SMILES string of the molecule is C=CC[S@+]([O-])CC(N)C(=O)O. The van der Waals surface area contributed by atoms with Crippen LogP contribution in [0.1, 0.15) is 0 Å². The van der Waals surface area contributed by atoms with Gasteiger partial charge in [-0.1, -0.05) is 6.58 Å². The van der Waals surface area contributed by atoms with Gasteiger partial charge in [0.1, 0.15) is 17.5 Å². The fourth-order valence-electron chi connectivity index (χ4n) is 0.471. The minimum Gasteiger partial charge on any atom is -0.616 e. The third-order valence-electron chi connectivity index (χ3n) is 0.986. The van der Waals surface area contributed by atoms with E-state index in [1.807, 2.05) is 0 Å². The van der Waals surface area contributed by atoms with Crippen molar-refractivity contribution in [1.82, 2.24) is 0 Å². The summed E-state index contributed by atoms with van der Waals surface area (Å²) in [7, 11) is 0. The van der Waals surface area contributed by atoms with Gasteiger partial charge in [-0.05, 0) is 17.3 Å². The summed E-state index contributed by atoms with van der Waals surface area (Å²) in [6.45, 7) is 3.37. The maximum atomic E-state index is 10.9. The Hall–Kier alpha value is -0.520. The lowest BCUT2D eigenvalue weighted by atomic mass is 10.4. The van der Waals surface area contributed by atoms with Crippen molar-refractivity contribution in [3.05, 3.63) is 12.7 Å². The molecule has 11 heavy (non-hydrogen) atoms. The molecule has 3 N–H and O–H groups in total. The smallest absolute Gasteiger partial charge is 0.325 e. The largest absolute Gasteiger partial charge is 0.616 e. The van der Waals surface area contributed by atoms with E-state index in [4.69, 9.17) is 10.8 Å². The van der Waals surface area contributed by atoms with Crippen molar-refractivity contribution in [2.45, 2.75) is 6.04 Å². The van der Waals surface area contributed by atoms with Gasteiger partial charge in [-0.25, -0.2) is 0 Å². The van der Waals surface area contributed by atoms with Gasteiger partial charge in [-0.2, -0.15) is 0 Å². The van der Waals surface area contributed by atoms with E-state index in [1.54, 1.807) is 0 Å². The summed E-state index contributed by atoms with van der Waals surface area (Å²) in [4.78, 5) is 10.2. The number of carboxylic acid groups (broad SMARTS) is 1. The van der Waals surface area contributed by atoms with Gasteiger partial charge in [0.15, 0.2) is 0 Å². The maximum absolute atomic E-state index is 10.9. The zero-order valence-corrected chi connectivity index (χ0v) is 6.84. The molecule has 0 aromatic heterocycles. The highest BCUT2D eigenvalue weighted by molar-refractivity contribution is 7.91. The van der Waals surface area contributed by atoms with Crippen LogP contribution >= 0.6 is 0 Å². The van der Waals surface area contributed by atoms with E-state index in [2.05, 4.69) is 6.58 Å². The Morgan fingerprint density at radius 1 is 1.91 bits per heavy atom. The lowest BCUT2D eigenvalue weighted by molar-refractivity contribution is -0.137. The van der Waals surface area contributed by atoms with Crippen molar-refractivity contribution in [1.29, 1.82) is 0 Å². The van der Waals surface area contributed by atoms with E-state index in [0.29, 0.717) is 5.75 Å². The molecular weight excluding hydrogens is 166 g/mol. The molecule has 0 bridgehead atoms. The fourth-order valence-corrected chi connectivity index (χ4v) is 1.41. The topological polar surface area (TPSA) is 86.4 Å². The summed E-state index contributed by atoms with van der Waals surface area (Å²) < 4.78 is 10.9. The van der Waals surface area contributed by atoms with Crippen molar-refractivity contribution < 1.29 is 14.5 Å². The molecule has 0 aliphatic heterocycles. The lowest BCUT2D eigenvalue weighted by Crippen LogP contribution is -2.37. The summed E-state index contributed by atoms with van der Waals surface area (Å²) in [5.41, 5.74) is 5.12. The molecule has 0 aromatic rings. The summed E-state index contributed by atoms with van der Waals surface area (Å²) in [5, 5.41) is 8.31. The molecule has 0 rings (SSSR count). The molecule has 0 aliphatic rings. The molecule has 2 atom stereocenters. The molecule has 0 fully saturated rings. The Morgan fingerprint density at radius 2 is 2.45 bits per heavy atom. The van der Waals surface area contributed by atoms with E-state index < -0.39 is 23.2 Å². The Kier molecular flexibility index (Phi) is 4.93. The van der Waals surface area contributed by atoms with Crippen LogP contribution in [0.4, 0.5) is 0 Å². The second-order valence-electron chi connectivity index (χ2n) is 2.01. The number of aliphatic carboxylic acids is 1. The fraction of sp³-hybridized carbons (Fsp3) is 0.500. The average molecular weight is 177 g/mol. The molecule has 0 radical (unpaired) electrons. The zero-order valence-electron chi connectivity index (χ0n) is 6.03. The summed E-state index contributed by atoms with van der Waals surface area (Å²) in [6, 6.07) is -1.03. The van der Waals surface area contributed by atoms with Crippen molar-refractivity contribution in [3.63, 3.8) is 0 Å². The molecular formula is C6H11NO3S. The number of carboxylic acids is 1. The van der Waals surface area contributed by atoms with Crippen LogP contribution in [-0.2, 0) is 16.0 Å². The molecule has 64 valence electrons. The van der Waals surface area contributed by atoms with Crippen LogP contribution in [0.25, 0.3) is 0 Å². The van der Waals surface area contributed by atoms with Gasteiger partial charge in [-0.3, -0.25) is 4.79 Å². The van der Waals surface area contributed by atoms with E-state index in [9.17, 15) is 9.35 Å². The van der Waals surface area contributed by atoms with Crippen LogP contribution in [0.2, 0.25) is 0 Å². The summed E-state index contributed by atoms with van der Waals surface area (Å²) in [5.74, 6) is -0.843. The Bertz CT molecular complexity index is 151. The van der Waals surface area contributed by atoms with Crippen LogP contribution in [0.15, 0.2) is 12.7 Å². The first-order valence-electron chi connectivity index (χ1n) is 3.02. The normalized spacial score (nSPS) is 15.5. The van der Waals surface area contributed by atoms with Crippen molar-refractivity contribution in [2.24, 2.45) is 5.73 Å². The Labute approximate surface area is 68.3 Å². The Morgan fingerprint density at radius 3 is 2.82 bits per heavy atom. The number of hydrogen-bond donors (Lipinski definition) is 2. The third kappa shape index (κ3) is 4.83. The highest BCUT2D eigenvalue weighted by Gasteiger charge is 2.17. The van der Waals surface area contributed by atoms with Crippen LogP contribution in [-0.4, -0.2) is 33.2 Å². The number of hydrogen-bond acceptors (Lipinski definition) is 3. The quantitative estimate of drug-likeness (QED) is 0.431. The molecule has 0 amide bonds. The molecule has 0 aliphatic carbocycles. The molecule has 0 heterocycles. The summed E-state index contributed by atoms with van der Waals surface area (Å²) >= 11 is -1.19. The second kappa shape index (κ2) is 5.17. The van der Waals surface area contributed by atoms with E-state index in [1.165, 1.54) is 6.08 Å². The number of rotatable bonds is 5. The first kappa shape index (κ1) is 10.5. The predicted molar refractivity (Wildman–Crippen MR) is 43.7 cm³/mol. The molecule has 0 saturated carbocycles. The van der Waals surface area contributed by atoms with E-state index >= 15 is 0 Å². The minimum atomic E-state index is -1.19. The lowest BCUT2D eigenvalue weighted by Gasteiger charge is -2.10. The molecule has 1 unspecified atom stereocenters. The number of carbonyl (C=O) groups is 1. The first-order valence-corrected chi connectivity index (χ1v) is 4.51. The van der Waals surface area contributed by atoms with Gasteiger partial charge >= 0.3 is 5.97 Å². The van der Waals surface area contributed by atoms with E-state index in [0.717, 1.165) is 0 Å². The number of nitrogens with two attached hydrogens (primary N) is 1. The molecule has 4 nitrogen and oxygen atoms in total. The minimum absolute atomic E-state index is 0.0125. The first-order chi connectivity index (χ1) is 5.07. The van der Waals surface area contributed by atoms with Crippen molar-refractivity contribution in [2.75, 3.05) is 11.5 Å². The van der Waals surface area contributed by atoms with Gasteiger partial charge in [0.05, 0.1) is 0 Å². The molecule has 0 saturated heterocycles. The third-order valence-corrected chi connectivity index (χ3v) is 2.32. The second-order valence-corrected chi connectivity index (χ2v) is 3.55. The molecule has 0 spiro atoms. The monoisotopic (exact) mass is 177 g/mol. The van der Waals surface area contributed by atoms with Crippen molar-refractivity contribution >= 4 is 17.1 Å². The van der Waals surface area contributed by atoms with Crippen LogP contribution < -0.4 is 5.73 Å². The predicted octanol–water partition coefficient (Wildman–Crippen LogP) is -0.667. The highest BCUT2D eigenvalue weighted by atomic mass is 32.2. The Balaban J connectivity index is 3.64. The van der Waals surface area contributed by atoms with Gasteiger partial charge in [0.2, 0.25) is 0 Å². The van der Waals surface area contributed by atoms with Gasteiger partial charge in [0, 0.05) is 0 Å². The standard InChI is InChI=1S/C6H11NO3S/c1-2-3-11(10)4-5(7)6(8)9/h2,5H,1,3-4,7H2,(H,8,9)/t5?,11-/m0/s1. The maximum Gasteiger partial charge on any atom is 0.325 e. The average Bonchev–Trinajstić information content (AvgIpc) is 1.87. The summed E-state index contributed by atoms with van der Waals surface area (Å²) in [6.07, 6.45) is 1.48. The van der Waals surface area contributed by atoms with Crippen molar-refractivity contribution in [3.8, 4) is 0 Å². The van der Waals surface area contributed by atoms with Crippen LogP contribution in [0.5, 0.6) is 0 Å². The van der Waals surface area contributed by atoms with E-state index in [-0.39, 0.29) is 5.75 Å².